The number of aromatic amines is 1. The predicted molar refractivity (Wildman–Crippen MR) is 148 cm³/mol. The smallest absolute Gasteiger partial charge is 0.391 e. The van der Waals surface area contributed by atoms with Gasteiger partial charge in [-0.2, -0.15) is 26.3 Å². The molecule has 3 aliphatic rings. The summed E-state index contributed by atoms with van der Waals surface area (Å²) in [4.78, 5) is 29.2. The van der Waals surface area contributed by atoms with E-state index in [1.807, 2.05) is 6.07 Å². The van der Waals surface area contributed by atoms with Crippen LogP contribution >= 0.6 is 0 Å². The lowest BCUT2D eigenvalue weighted by Gasteiger charge is -2.29. The summed E-state index contributed by atoms with van der Waals surface area (Å²) < 4.78 is 86.1. The van der Waals surface area contributed by atoms with Crippen molar-refractivity contribution < 1.29 is 50.5 Å². The summed E-state index contributed by atoms with van der Waals surface area (Å²) >= 11 is 0. The molecule has 2 heterocycles. The van der Waals surface area contributed by atoms with Crippen LogP contribution in [0.5, 0.6) is 0 Å². The summed E-state index contributed by atoms with van der Waals surface area (Å²) in [6, 6.07) is 3.61. The van der Waals surface area contributed by atoms with E-state index >= 15 is 0 Å². The van der Waals surface area contributed by atoms with Crippen LogP contribution in [0.3, 0.4) is 0 Å². The van der Waals surface area contributed by atoms with Gasteiger partial charge in [0.1, 0.15) is 18.8 Å². The molecule has 2 saturated carbocycles. The number of amidine groups is 1. The van der Waals surface area contributed by atoms with E-state index in [-0.39, 0.29) is 81.0 Å². The van der Waals surface area contributed by atoms with Crippen molar-refractivity contribution in [3.8, 4) is 0 Å². The minimum Gasteiger partial charge on any atom is -0.481 e. The molecule has 2 unspecified atom stereocenters. The number of carboxylic acid groups (broad SMARTS) is 1. The summed E-state index contributed by atoms with van der Waals surface area (Å²) in [6.45, 7) is 0.137. The van der Waals surface area contributed by atoms with Crippen molar-refractivity contribution in [1.29, 1.82) is 5.41 Å². The quantitative estimate of drug-likeness (QED) is 0.103. The lowest BCUT2D eigenvalue weighted by Crippen LogP contribution is -2.29. The molecule has 9 nitrogen and oxygen atoms in total. The number of esters is 1. The molecule has 0 spiro atoms. The first kappa shape index (κ1) is 35.4. The monoisotopic (exact) mass is 638 g/mol. The van der Waals surface area contributed by atoms with Crippen LogP contribution in [0.2, 0.25) is 0 Å². The van der Waals surface area contributed by atoms with E-state index in [9.17, 15) is 35.9 Å². The number of carboxylic acids is 1. The van der Waals surface area contributed by atoms with E-state index in [0.29, 0.717) is 31.4 Å². The first-order chi connectivity index (χ1) is 20.7. The van der Waals surface area contributed by atoms with Crippen LogP contribution in [0.15, 0.2) is 17.1 Å². The van der Waals surface area contributed by atoms with Crippen LogP contribution in [0.4, 0.5) is 26.3 Å². The fourth-order valence-electron chi connectivity index (χ4n) is 6.06. The first-order valence-corrected chi connectivity index (χ1v) is 14.8. The number of nitrogens with one attached hydrogen (secondary N) is 2. The minimum absolute atomic E-state index is 0.00454. The van der Waals surface area contributed by atoms with Gasteiger partial charge in [0.05, 0.1) is 29.7 Å². The fraction of sp³-hybridized carbons (Fsp3) is 0.724. The van der Waals surface area contributed by atoms with Gasteiger partial charge >= 0.3 is 24.3 Å². The van der Waals surface area contributed by atoms with Crippen LogP contribution in [-0.2, 0) is 19.1 Å². The summed E-state index contributed by atoms with van der Waals surface area (Å²) in [5.74, 6) is -3.65. The van der Waals surface area contributed by atoms with Crippen molar-refractivity contribution in [3.05, 3.63) is 23.5 Å². The molecule has 2 atom stereocenters. The second kappa shape index (κ2) is 15.8. The molecule has 0 bridgehead atoms. The molecule has 1 aromatic rings. The number of nitrogens with zero attached hydrogens (tertiary/aromatic N) is 1. The molecule has 1 aliphatic heterocycles. The molecule has 0 amide bonds. The molecule has 2 aliphatic carbocycles. The average molecular weight is 639 g/mol. The Morgan fingerprint density at radius 2 is 1.48 bits per heavy atom. The molecule has 1 saturated heterocycles. The van der Waals surface area contributed by atoms with Gasteiger partial charge in [-0.15, -0.1) is 0 Å². The molecule has 0 aromatic carbocycles. The standard InChI is InChI=1S/C20H27F3N4O3.C9H13F3O2/c21-20(22,23)13-3-1-12(2-4-13)9-18(28)29-10-14-5-8-17(30-14)15-6-7-16(27-15)19(25)26-11-24;10-9(11,12)7-3-1-6(2-4-7)5-8(13)14/h6-7,11-14,17,27H,1-5,8-10H2,(H3,24,25,26);6-7H,1-5H2,(H,13,14). The summed E-state index contributed by atoms with van der Waals surface area (Å²) in [5, 5.41) is 15.4. The number of halogens is 6. The van der Waals surface area contributed by atoms with Gasteiger partial charge < -0.3 is 25.3 Å². The lowest BCUT2D eigenvalue weighted by atomic mass is 9.80. The van der Waals surface area contributed by atoms with Gasteiger partial charge in [0.25, 0.3) is 0 Å². The van der Waals surface area contributed by atoms with E-state index in [1.54, 1.807) is 6.07 Å². The van der Waals surface area contributed by atoms with Crippen LogP contribution in [0, 0.1) is 29.1 Å². The number of aliphatic imine (C=N–C) groups is 1. The zero-order valence-electron chi connectivity index (χ0n) is 24.3. The Bertz CT molecular complexity index is 1120. The Morgan fingerprint density at radius 3 is 1.98 bits per heavy atom. The topological polar surface area (TPSA) is 151 Å². The zero-order valence-corrected chi connectivity index (χ0v) is 24.3. The number of aromatic nitrogens is 1. The Labute approximate surface area is 251 Å². The Kier molecular flexibility index (Phi) is 12.7. The second-order valence-corrected chi connectivity index (χ2v) is 11.8. The van der Waals surface area contributed by atoms with Crippen molar-refractivity contribution in [3.63, 3.8) is 0 Å². The number of hydrogen-bond acceptors (Lipinski definition) is 5. The van der Waals surface area contributed by atoms with Crippen molar-refractivity contribution in [1.82, 2.24) is 4.98 Å². The van der Waals surface area contributed by atoms with Crippen LogP contribution in [-0.4, -0.2) is 59.3 Å². The molecule has 15 heteroatoms. The van der Waals surface area contributed by atoms with Gasteiger partial charge in [0.15, 0.2) is 0 Å². The zero-order chi connectivity index (χ0) is 32.5. The number of aliphatic carboxylic acids is 1. The maximum absolute atomic E-state index is 12.7. The largest absolute Gasteiger partial charge is 0.481 e. The van der Waals surface area contributed by atoms with Gasteiger partial charge in [0.2, 0.25) is 0 Å². The third-order valence-electron chi connectivity index (χ3n) is 8.61. The number of nitrogens with two attached hydrogens (primary N) is 1. The number of ether oxygens (including phenoxy) is 2. The van der Waals surface area contributed by atoms with Gasteiger partial charge in [-0.3, -0.25) is 15.0 Å². The highest BCUT2D eigenvalue weighted by Gasteiger charge is 2.42. The molecule has 3 fully saturated rings. The number of H-pyrrole nitrogens is 1. The summed E-state index contributed by atoms with van der Waals surface area (Å²) in [6.07, 6.45) is -4.20. The molecular weight excluding hydrogens is 598 g/mol. The number of rotatable bonds is 9. The number of alkyl halides is 6. The molecule has 5 N–H and O–H groups in total. The van der Waals surface area contributed by atoms with Crippen molar-refractivity contribution in [2.45, 2.75) is 102 Å². The van der Waals surface area contributed by atoms with Crippen molar-refractivity contribution in [2.24, 2.45) is 34.4 Å². The SMILES string of the molecule is N=CN=C(N)c1ccc(C2CCC(COC(=O)CC3CCC(C(F)(F)F)CC3)O2)[nH]1.O=C(O)CC1CCC(C(F)(F)F)CC1. The van der Waals surface area contributed by atoms with E-state index in [4.69, 9.17) is 25.7 Å². The molecule has 0 radical (unpaired) electrons. The maximum Gasteiger partial charge on any atom is 0.391 e. The Hall–Kier alpha value is -3.10. The predicted octanol–water partition coefficient (Wildman–Crippen LogP) is 6.68. The highest BCUT2D eigenvalue weighted by molar-refractivity contribution is 5.99. The van der Waals surface area contributed by atoms with E-state index < -0.39 is 30.2 Å². The molecule has 248 valence electrons. The Morgan fingerprint density at radius 1 is 0.932 bits per heavy atom. The van der Waals surface area contributed by atoms with Crippen LogP contribution in [0.1, 0.15) is 94.5 Å². The maximum atomic E-state index is 12.7. The molecule has 44 heavy (non-hydrogen) atoms. The highest BCUT2D eigenvalue weighted by atomic mass is 19.4. The number of carbonyl (C=O) groups excluding carboxylic acids is 1. The number of carbonyl (C=O) groups is 2. The van der Waals surface area contributed by atoms with Gasteiger partial charge in [-0.05, 0) is 88.2 Å². The van der Waals surface area contributed by atoms with Crippen LogP contribution < -0.4 is 5.73 Å². The fourth-order valence-corrected chi connectivity index (χ4v) is 6.06. The first-order valence-electron chi connectivity index (χ1n) is 14.8. The number of hydrogen-bond donors (Lipinski definition) is 4. The van der Waals surface area contributed by atoms with Gasteiger partial charge in [-0.1, -0.05) is 0 Å². The van der Waals surface area contributed by atoms with E-state index in [0.717, 1.165) is 24.9 Å². The molecule has 1 aromatic heterocycles. The van der Waals surface area contributed by atoms with E-state index in [1.165, 1.54) is 0 Å². The lowest BCUT2D eigenvalue weighted by molar-refractivity contribution is -0.185. The highest BCUT2D eigenvalue weighted by Crippen LogP contribution is 2.41. The van der Waals surface area contributed by atoms with Crippen molar-refractivity contribution in [2.75, 3.05) is 6.61 Å². The molecular formula is C29H40F6N4O5. The van der Waals surface area contributed by atoms with Gasteiger partial charge in [0, 0.05) is 18.5 Å². The van der Waals surface area contributed by atoms with E-state index in [2.05, 4.69) is 9.98 Å². The van der Waals surface area contributed by atoms with Crippen molar-refractivity contribution >= 4 is 24.1 Å². The minimum atomic E-state index is -4.14. The van der Waals surface area contributed by atoms with Crippen LogP contribution in [0.25, 0.3) is 0 Å². The second-order valence-electron chi connectivity index (χ2n) is 11.8. The molecule has 4 rings (SSSR count). The normalized spacial score (nSPS) is 28.1. The average Bonchev–Trinajstić information content (AvgIpc) is 3.62. The Balaban J connectivity index is 0.000000317. The summed E-state index contributed by atoms with van der Waals surface area (Å²) in [5.41, 5.74) is 7.19. The summed E-state index contributed by atoms with van der Waals surface area (Å²) in [7, 11) is 0. The third-order valence-corrected chi connectivity index (χ3v) is 8.61. The third kappa shape index (κ3) is 11.1. The van der Waals surface area contributed by atoms with Gasteiger partial charge in [-0.25, -0.2) is 4.99 Å².